The Morgan fingerprint density at radius 2 is 1.82 bits per heavy atom. The predicted octanol–water partition coefficient (Wildman–Crippen LogP) is 2.63. The number of thiol groups is 1. The second kappa shape index (κ2) is 4.36. The van der Waals surface area contributed by atoms with Crippen LogP contribution >= 0.6 is 12.6 Å². The van der Waals surface area contributed by atoms with Gasteiger partial charge in [-0.1, -0.05) is 27.7 Å². The highest BCUT2D eigenvalue weighted by molar-refractivity contribution is 7.80. The van der Waals surface area contributed by atoms with Gasteiger partial charge in [-0.25, -0.2) is 0 Å². The molecule has 0 aliphatic carbocycles. The molecule has 0 aromatic heterocycles. The first-order valence-corrected chi connectivity index (χ1v) is 4.85. The zero-order chi connectivity index (χ0) is 9.07. The lowest BCUT2D eigenvalue weighted by atomic mass is 9.89. The van der Waals surface area contributed by atoms with Crippen LogP contribution in [0, 0.1) is 5.41 Å². The molecule has 0 spiro atoms. The fraction of sp³-hybridized carbons (Fsp3) is 1.00. The van der Waals surface area contributed by atoms with Crippen LogP contribution in [0.15, 0.2) is 0 Å². The molecule has 0 rings (SSSR count). The molecular formula is C9H21NS. The standard InChI is InChI=1S/C9H21NS/c1-6-9(3,4)8(11)10(5)7-2/h8,11H,6-7H2,1-5H3. The summed E-state index contributed by atoms with van der Waals surface area (Å²) in [6.45, 7) is 9.97. The van der Waals surface area contributed by atoms with Crippen molar-refractivity contribution >= 4 is 12.6 Å². The van der Waals surface area contributed by atoms with E-state index in [9.17, 15) is 0 Å². The number of nitrogens with zero attached hydrogens (tertiary/aromatic N) is 1. The zero-order valence-electron chi connectivity index (χ0n) is 8.39. The second-order valence-corrected chi connectivity index (χ2v) is 4.28. The second-order valence-electron chi connectivity index (χ2n) is 3.79. The van der Waals surface area contributed by atoms with Crippen LogP contribution in [-0.2, 0) is 0 Å². The molecule has 0 saturated heterocycles. The van der Waals surface area contributed by atoms with Gasteiger partial charge in [0.15, 0.2) is 0 Å². The quantitative estimate of drug-likeness (QED) is 0.508. The van der Waals surface area contributed by atoms with Crippen molar-refractivity contribution in [3.05, 3.63) is 0 Å². The van der Waals surface area contributed by atoms with Crippen molar-refractivity contribution < 1.29 is 0 Å². The highest BCUT2D eigenvalue weighted by Crippen LogP contribution is 2.30. The van der Waals surface area contributed by atoms with Gasteiger partial charge in [0.25, 0.3) is 0 Å². The topological polar surface area (TPSA) is 3.24 Å². The summed E-state index contributed by atoms with van der Waals surface area (Å²) in [5.74, 6) is 0. The van der Waals surface area contributed by atoms with Gasteiger partial charge in [-0.2, -0.15) is 12.6 Å². The normalized spacial score (nSPS) is 15.5. The van der Waals surface area contributed by atoms with Gasteiger partial charge in [-0.15, -0.1) is 0 Å². The molecule has 0 N–H and O–H groups in total. The summed E-state index contributed by atoms with van der Waals surface area (Å²) in [6, 6.07) is 0. The van der Waals surface area contributed by atoms with E-state index >= 15 is 0 Å². The van der Waals surface area contributed by atoms with E-state index in [-0.39, 0.29) is 0 Å². The lowest BCUT2D eigenvalue weighted by Gasteiger charge is -2.36. The van der Waals surface area contributed by atoms with Crippen LogP contribution in [0.4, 0.5) is 0 Å². The number of hydrogen-bond donors (Lipinski definition) is 1. The van der Waals surface area contributed by atoms with Gasteiger partial charge in [-0.05, 0) is 25.4 Å². The minimum absolute atomic E-state index is 0.313. The summed E-state index contributed by atoms with van der Waals surface area (Å²) in [7, 11) is 2.12. The molecule has 1 unspecified atom stereocenters. The van der Waals surface area contributed by atoms with Crippen molar-refractivity contribution in [1.82, 2.24) is 4.90 Å². The largest absolute Gasteiger partial charge is 0.295 e. The Kier molecular flexibility index (Phi) is 4.49. The van der Waals surface area contributed by atoms with Crippen LogP contribution in [0.5, 0.6) is 0 Å². The monoisotopic (exact) mass is 175 g/mol. The Labute approximate surface area is 76.6 Å². The van der Waals surface area contributed by atoms with E-state index in [0.717, 1.165) is 6.54 Å². The molecule has 0 bridgehead atoms. The first-order chi connectivity index (χ1) is 4.95. The van der Waals surface area contributed by atoms with Gasteiger partial charge in [0, 0.05) is 0 Å². The third kappa shape index (κ3) is 3.04. The molecule has 0 aromatic carbocycles. The first-order valence-electron chi connectivity index (χ1n) is 4.34. The van der Waals surface area contributed by atoms with Crippen molar-refractivity contribution in [3.63, 3.8) is 0 Å². The fourth-order valence-electron chi connectivity index (χ4n) is 0.952. The number of rotatable bonds is 4. The van der Waals surface area contributed by atoms with Crippen molar-refractivity contribution in [2.45, 2.75) is 39.5 Å². The molecule has 2 heteroatoms. The third-order valence-corrected chi connectivity index (χ3v) is 3.62. The molecule has 0 aromatic rings. The van der Waals surface area contributed by atoms with Gasteiger partial charge in [0.05, 0.1) is 5.37 Å². The van der Waals surface area contributed by atoms with Gasteiger partial charge in [0.1, 0.15) is 0 Å². The van der Waals surface area contributed by atoms with Crippen molar-refractivity contribution in [2.75, 3.05) is 13.6 Å². The summed E-state index contributed by atoms with van der Waals surface area (Å²) < 4.78 is 0. The summed E-state index contributed by atoms with van der Waals surface area (Å²) in [5, 5.41) is 0.373. The van der Waals surface area contributed by atoms with E-state index in [2.05, 4.69) is 52.3 Å². The molecule has 11 heavy (non-hydrogen) atoms. The zero-order valence-corrected chi connectivity index (χ0v) is 9.28. The van der Waals surface area contributed by atoms with Crippen molar-refractivity contribution in [2.24, 2.45) is 5.41 Å². The predicted molar refractivity (Wildman–Crippen MR) is 55.2 cm³/mol. The van der Waals surface area contributed by atoms with Crippen LogP contribution < -0.4 is 0 Å². The molecular weight excluding hydrogens is 154 g/mol. The van der Waals surface area contributed by atoms with E-state index < -0.39 is 0 Å². The van der Waals surface area contributed by atoms with E-state index in [1.807, 2.05) is 0 Å². The maximum absolute atomic E-state index is 4.59. The van der Waals surface area contributed by atoms with E-state index in [0.29, 0.717) is 10.8 Å². The Morgan fingerprint density at radius 1 is 1.36 bits per heavy atom. The van der Waals surface area contributed by atoms with E-state index in [1.54, 1.807) is 0 Å². The summed E-state index contributed by atoms with van der Waals surface area (Å²) in [5.41, 5.74) is 0.313. The van der Waals surface area contributed by atoms with Crippen molar-refractivity contribution in [1.29, 1.82) is 0 Å². The Bertz CT molecular complexity index is 112. The number of hydrogen-bond acceptors (Lipinski definition) is 2. The van der Waals surface area contributed by atoms with Crippen LogP contribution in [0.2, 0.25) is 0 Å². The van der Waals surface area contributed by atoms with Crippen LogP contribution in [0.3, 0.4) is 0 Å². The average Bonchev–Trinajstić information content (AvgIpc) is 2.01. The smallest absolute Gasteiger partial charge is 0.0576 e. The Balaban J connectivity index is 4.10. The minimum atomic E-state index is 0.313. The molecule has 0 saturated carbocycles. The average molecular weight is 175 g/mol. The van der Waals surface area contributed by atoms with E-state index in [4.69, 9.17) is 0 Å². The first kappa shape index (κ1) is 11.3. The molecule has 1 atom stereocenters. The van der Waals surface area contributed by atoms with Crippen LogP contribution in [0.25, 0.3) is 0 Å². The summed E-state index contributed by atoms with van der Waals surface area (Å²) in [4.78, 5) is 2.27. The SMILES string of the molecule is CCN(C)C(S)C(C)(C)CC. The third-order valence-electron chi connectivity index (χ3n) is 2.53. The lowest BCUT2D eigenvalue weighted by molar-refractivity contribution is 0.184. The van der Waals surface area contributed by atoms with E-state index in [1.165, 1.54) is 6.42 Å². The van der Waals surface area contributed by atoms with Gasteiger partial charge in [0.2, 0.25) is 0 Å². The maximum atomic E-state index is 4.59. The van der Waals surface area contributed by atoms with Crippen LogP contribution in [0.1, 0.15) is 34.1 Å². The Hall–Kier alpha value is 0.310. The molecule has 0 amide bonds. The molecule has 68 valence electrons. The minimum Gasteiger partial charge on any atom is -0.295 e. The van der Waals surface area contributed by atoms with Crippen molar-refractivity contribution in [3.8, 4) is 0 Å². The molecule has 0 radical (unpaired) electrons. The lowest BCUT2D eigenvalue weighted by Crippen LogP contribution is -2.38. The van der Waals surface area contributed by atoms with Gasteiger partial charge in [-0.3, -0.25) is 4.90 Å². The fourth-order valence-corrected chi connectivity index (χ4v) is 1.30. The molecule has 0 aliphatic rings. The summed E-state index contributed by atoms with van der Waals surface area (Å²) in [6.07, 6.45) is 1.17. The van der Waals surface area contributed by atoms with Crippen LogP contribution in [-0.4, -0.2) is 23.9 Å². The molecule has 1 nitrogen and oxygen atoms in total. The maximum Gasteiger partial charge on any atom is 0.0576 e. The Morgan fingerprint density at radius 3 is 2.09 bits per heavy atom. The highest BCUT2D eigenvalue weighted by Gasteiger charge is 2.26. The highest BCUT2D eigenvalue weighted by atomic mass is 32.1. The van der Waals surface area contributed by atoms with Gasteiger partial charge >= 0.3 is 0 Å². The molecule has 0 aliphatic heterocycles. The molecule has 0 heterocycles. The summed E-state index contributed by atoms with van der Waals surface area (Å²) >= 11 is 4.59. The van der Waals surface area contributed by atoms with Gasteiger partial charge < -0.3 is 0 Å². The molecule has 0 fully saturated rings.